The number of rotatable bonds is 6. The fraction of sp³-hybridized carbons (Fsp3) is 0.692. The van der Waals surface area contributed by atoms with E-state index in [1.165, 1.54) is 25.7 Å². The van der Waals surface area contributed by atoms with Crippen molar-refractivity contribution in [3.8, 4) is 5.75 Å². The molecule has 0 radical (unpaired) electrons. The monoisotopic (exact) mass is 235 g/mol. The fourth-order valence-corrected chi connectivity index (χ4v) is 2.23. The predicted molar refractivity (Wildman–Crippen MR) is 67.3 cm³/mol. The van der Waals surface area contributed by atoms with Crippen molar-refractivity contribution in [3.63, 3.8) is 0 Å². The van der Waals surface area contributed by atoms with Gasteiger partial charge in [-0.05, 0) is 32.9 Å². The lowest BCUT2D eigenvalue weighted by Crippen LogP contribution is -2.11. The second kappa shape index (κ2) is 6.55. The molecule has 1 aliphatic rings. The second-order valence-corrected chi connectivity index (χ2v) is 4.56. The van der Waals surface area contributed by atoms with E-state index in [0.29, 0.717) is 12.5 Å². The molecule has 0 spiro atoms. The van der Waals surface area contributed by atoms with Crippen LogP contribution in [0.25, 0.3) is 0 Å². The molecule has 0 amide bonds. The zero-order valence-electron chi connectivity index (χ0n) is 10.5. The summed E-state index contributed by atoms with van der Waals surface area (Å²) in [5, 5.41) is 3.09. The van der Waals surface area contributed by atoms with Gasteiger partial charge < -0.3 is 10.1 Å². The fourth-order valence-electron chi connectivity index (χ4n) is 2.23. The van der Waals surface area contributed by atoms with Crippen molar-refractivity contribution in [2.24, 2.45) is 0 Å². The number of ether oxygens (including phenoxy) is 1. The van der Waals surface area contributed by atoms with Crippen LogP contribution in [0.5, 0.6) is 5.75 Å². The van der Waals surface area contributed by atoms with Crippen LogP contribution in [-0.4, -0.2) is 30.2 Å². The largest absolute Gasteiger partial charge is 0.490 e. The summed E-state index contributed by atoms with van der Waals surface area (Å²) in [6, 6.07) is 0. The van der Waals surface area contributed by atoms with Gasteiger partial charge in [0.05, 0.1) is 19.0 Å². The Bertz CT molecular complexity index is 320. The molecule has 1 saturated carbocycles. The summed E-state index contributed by atoms with van der Waals surface area (Å²) in [6.07, 6.45) is 9.72. The van der Waals surface area contributed by atoms with Crippen LogP contribution in [0.2, 0.25) is 0 Å². The van der Waals surface area contributed by atoms with Crippen LogP contribution in [0.3, 0.4) is 0 Å². The van der Waals surface area contributed by atoms with Gasteiger partial charge in [0, 0.05) is 5.92 Å². The third-order valence-corrected chi connectivity index (χ3v) is 3.21. The molecule has 0 unspecified atom stereocenters. The van der Waals surface area contributed by atoms with E-state index in [2.05, 4.69) is 15.3 Å². The summed E-state index contributed by atoms with van der Waals surface area (Å²) in [6.45, 7) is 1.69. The van der Waals surface area contributed by atoms with E-state index in [-0.39, 0.29) is 0 Å². The molecule has 0 atom stereocenters. The number of nitrogens with zero attached hydrogens (tertiary/aromatic N) is 2. The van der Waals surface area contributed by atoms with Crippen LogP contribution in [0.1, 0.15) is 43.8 Å². The lowest BCUT2D eigenvalue weighted by atomic mass is 10.1. The Morgan fingerprint density at radius 2 is 2.00 bits per heavy atom. The van der Waals surface area contributed by atoms with Crippen molar-refractivity contribution in [2.75, 3.05) is 20.2 Å². The molecule has 0 aliphatic heterocycles. The molecule has 2 rings (SSSR count). The molecule has 1 aromatic heterocycles. The highest BCUT2D eigenvalue weighted by atomic mass is 16.5. The van der Waals surface area contributed by atoms with Crippen molar-refractivity contribution < 1.29 is 4.74 Å². The van der Waals surface area contributed by atoms with Gasteiger partial charge in [-0.1, -0.05) is 12.8 Å². The molecule has 4 nitrogen and oxygen atoms in total. The minimum atomic E-state index is 0.577. The van der Waals surface area contributed by atoms with Crippen LogP contribution in [0, 0.1) is 0 Å². The van der Waals surface area contributed by atoms with Gasteiger partial charge in [0.1, 0.15) is 5.82 Å². The molecule has 17 heavy (non-hydrogen) atoms. The van der Waals surface area contributed by atoms with Gasteiger partial charge in [0.25, 0.3) is 0 Å². The molecule has 94 valence electrons. The Labute approximate surface area is 103 Å². The summed E-state index contributed by atoms with van der Waals surface area (Å²) in [5.74, 6) is 2.35. The van der Waals surface area contributed by atoms with Crippen LogP contribution in [0.15, 0.2) is 12.4 Å². The first-order valence-corrected chi connectivity index (χ1v) is 6.49. The van der Waals surface area contributed by atoms with Gasteiger partial charge in [-0.3, -0.25) is 0 Å². The molecule has 0 bridgehead atoms. The summed E-state index contributed by atoms with van der Waals surface area (Å²) in [7, 11) is 1.94. The molecular formula is C13H21N3O. The van der Waals surface area contributed by atoms with Gasteiger partial charge in [0.15, 0.2) is 5.75 Å². The lowest BCUT2D eigenvalue weighted by molar-refractivity contribution is 0.307. The van der Waals surface area contributed by atoms with Crippen molar-refractivity contribution in [1.29, 1.82) is 0 Å². The third kappa shape index (κ3) is 3.66. The number of hydrogen-bond donors (Lipinski definition) is 1. The summed E-state index contributed by atoms with van der Waals surface area (Å²) in [4.78, 5) is 8.82. The van der Waals surface area contributed by atoms with Crippen LogP contribution in [-0.2, 0) is 0 Å². The Morgan fingerprint density at radius 3 is 2.65 bits per heavy atom. The standard InChI is InChI=1S/C13H21N3O/c1-14-7-4-8-17-12-9-15-13(16-10-12)11-5-2-3-6-11/h9-11,14H,2-8H2,1H3. The van der Waals surface area contributed by atoms with Crippen molar-refractivity contribution in [2.45, 2.75) is 38.0 Å². The highest BCUT2D eigenvalue weighted by molar-refractivity contribution is 5.14. The highest BCUT2D eigenvalue weighted by Gasteiger charge is 2.19. The Morgan fingerprint density at radius 1 is 1.29 bits per heavy atom. The van der Waals surface area contributed by atoms with E-state index in [0.717, 1.165) is 24.5 Å². The Balaban J connectivity index is 1.80. The third-order valence-electron chi connectivity index (χ3n) is 3.21. The molecule has 1 heterocycles. The summed E-state index contributed by atoms with van der Waals surface area (Å²) in [5.41, 5.74) is 0. The Kier molecular flexibility index (Phi) is 4.74. The van der Waals surface area contributed by atoms with E-state index in [1.807, 2.05) is 7.05 Å². The zero-order valence-corrected chi connectivity index (χ0v) is 10.5. The van der Waals surface area contributed by atoms with Gasteiger partial charge in [0.2, 0.25) is 0 Å². The molecule has 4 heteroatoms. The molecule has 1 fully saturated rings. The maximum absolute atomic E-state index is 5.56. The Hall–Kier alpha value is -1.16. The summed E-state index contributed by atoms with van der Waals surface area (Å²) >= 11 is 0. The molecular weight excluding hydrogens is 214 g/mol. The normalized spacial score (nSPS) is 16.3. The first-order valence-electron chi connectivity index (χ1n) is 6.49. The first-order chi connectivity index (χ1) is 8.40. The molecule has 0 aromatic carbocycles. The first kappa shape index (κ1) is 12.3. The number of hydrogen-bond acceptors (Lipinski definition) is 4. The lowest BCUT2D eigenvalue weighted by Gasteiger charge is -2.09. The minimum Gasteiger partial charge on any atom is -0.490 e. The van der Waals surface area contributed by atoms with Gasteiger partial charge in [-0.15, -0.1) is 0 Å². The van der Waals surface area contributed by atoms with Gasteiger partial charge in [-0.25, -0.2) is 9.97 Å². The molecule has 1 aliphatic carbocycles. The SMILES string of the molecule is CNCCCOc1cnc(C2CCCC2)nc1. The minimum absolute atomic E-state index is 0.577. The maximum Gasteiger partial charge on any atom is 0.155 e. The average molecular weight is 235 g/mol. The van der Waals surface area contributed by atoms with Crippen molar-refractivity contribution in [1.82, 2.24) is 15.3 Å². The molecule has 1 aromatic rings. The predicted octanol–water partition coefficient (Wildman–Crippen LogP) is 2.12. The highest BCUT2D eigenvalue weighted by Crippen LogP contribution is 2.31. The second-order valence-electron chi connectivity index (χ2n) is 4.56. The van der Waals surface area contributed by atoms with E-state index < -0.39 is 0 Å². The van der Waals surface area contributed by atoms with Crippen LogP contribution >= 0.6 is 0 Å². The smallest absolute Gasteiger partial charge is 0.155 e. The molecule has 1 N–H and O–H groups in total. The van der Waals surface area contributed by atoms with Crippen LogP contribution in [0.4, 0.5) is 0 Å². The summed E-state index contributed by atoms with van der Waals surface area (Å²) < 4.78 is 5.56. The quantitative estimate of drug-likeness (QED) is 0.767. The van der Waals surface area contributed by atoms with Gasteiger partial charge >= 0.3 is 0 Å². The molecule has 0 saturated heterocycles. The number of aromatic nitrogens is 2. The van der Waals surface area contributed by atoms with E-state index >= 15 is 0 Å². The number of nitrogens with one attached hydrogen (secondary N) is 1. The van der Waals surface area contributed by atoms with E-state index in [9.17, 15) is 0 Å². The maximum atomic E-state index is 5.56. The topological polar surface area (TPSA) is 47.0 Å². The van der Waals surface area contributed by atoms with Crippen LogP contribution < -0.4 is 10.1 Å². The van der Waals surface area contributed by atoms with Gasteiger partial charge in [-0.2, -0.15) is 0 Å². The average Bonchev–Trinajstić information content (AvgIpc) is 2.89. The van der Waals surface area contributed by atoms with Crippen molar-refractivity contribution in [3.05, 3.63) is 18.2 Å². The zero-order chi connectivity index (χ0) is 11.9. The van der Waals surface area contributed by atoms with E-state index in [1.54, 1.807) is 12.4 Å². The van der Waals surface area contributed by atoms with E-state index in [4.69, 9.17) is 4.74 Å². The van der Waals surface area contributed by atoms with Crippen molar-refractivity contribution >= 4 is 0 Å².